The molecule has 0 unspecified atom stereocenters. The molecular formula is C12H23N3O2S. The minimum absolute atomic E-state index is 0.300. The van der Waals surface area contributed by atoms with Gasteiger partial charge in [-0.1, -0.05) is 6.92 Å². The molecule has 104 valence electrons. The van der Waals surface area contributed by atoms with Crippen LogP contribution in [0.3, 0.4) is 0 Å². The van der Waals surface area contributed by atoms with Gasteiger partial charge in [0.25, 0.3) is 0 Å². The van der Waals surface area contributed by atoms with E-state index in [1.807, 2.05) is 20.8 Å². The lowest BCUT2D eigenvalue weighted by Crippen LogP contribution is -2.44. The van der Waals surface area contributed by atoms with Crippen molar-refractivity contribution < 1.29 is 8.42 Å². The molecule has 0 aromatic carbocycles. The highest BCUT2D eigenvalue weighted by atomic mass is 32.2. The second-order valence-electron chi connectivity index (χ2n) is 5.12. The molecular weight excluding hydrogens is 250 g/mol. The van der Waals surface area contributed by atoms with Gasteiger partial charge in [0.1, 0.15) is 4.90 Å². The van der Waals surface area contributed by atoms with E-state index in [2.05, 4.69) is 0 Å². The number of rotatable bonds is 5. The zero-order valence-electron chi connectivity index (χ0n) is 11.8. The first-order valence-electron chi connectivity index (χ1n) is 6.01. The van der Waals surface area contributed by atoms with Gasteiger partial charge >= 0.3 is 0 Å². The fourth-order valence-corrected chi connectivity index (χ4v) is 3.30. The molecule has 18 heavy (non-hydrogen) atoms. The number of aryl methyl sites for hydroxylation is 1. The molecule has 1 heterocycles. The molecule has 0 saturated heterocycles. The Hall–Kier alpha value is -0.850. The van der Waals surface area contributed by atoms with Crippen LogP contribution >= 0.6 is 0 Å². The van der Waals surface area contributed by atoms with Gasteiger partial charge in [-0.2, -0.15) is 4.31 Å². The van der Waals surface area contributed by atoms with Crippen LogP contribution in [0.15, 0.2) is 17.2 Å². The predicted molar refractivity (Wildman–Crippen MR) is 72.6 cm³/mol. The first kappa shape index (κ1) is 15.2. The molecule has 1 aromatic heterocycles. The van der Waals surface area contributed by atoms with Gasteiger partial charge in [0, 0.05) is 38.1 Å². The molecule has 6 heteroatoms. The van der Waals surface area contributed by atoms with Crippen molar-refractivity contribution in [3.05, 3.63) is 18.0 Å². The van der Waals surface area contributed by atoms with Crippen LogP contribution < -0.4 is 5.73 Å². The lowest BCUT2D eigenvalue weighted by Gasteiger charge is -2.33. The summed E-state index contributed by atoms with van der Waals surface area (Å²) >= 11 is 0. The van der Waals surface area contributed by atoms with Crippen molar-refractivity contribution >= 4 is 10.0 Å². The topological polar surface area (TPSA) is 68.3 Å². The zero-order valence-corrected chi connectivity index (χ0v) is 12.6. The van der Waals surface area contributed by atoms with Crippen LogP contribution in [-0.4, -0.2) is 29.9 Å². The maximum atomic E-state index is 12.5. The van der Waals surface area contributed by atoms with E-state index < -0.39 is 15.6 Å². The van der Waals surface area contributed by atoms with Crippen molar-refractivity contribution in [1.29, 1.82) is 0 Å². The van der Waals surface area contributed by atoms with E-state index in [1.54, 1.807) is 30.9 Å². The molecule has 2 N–H and O–H groups in total. The standard InChI is InChI=1S/C12H23N3O2S/c1-6-12(2,3)15(5)18(16,17)11-7-10(8-13)14(4)9-11/h7,9H,6,8,13H2,1-5H3. The number of nitrogens with zero attached hydrogens (tertiary/aromatic N) is 2. The summed E-state index contributed by atoms with van der Waals surface area (Å²) in [5, 5.41) is 0. The Morgan fingerprint density at radius 2 is 2.00 bits per heavy atom. The van der Waals surface area contributed by atoms with Crippen molar-refractivity contribution in [1.82, 2.24) is 8.87 Å². The minimum Gasteiger partial charge on any atom is -0.352 e. The summed E-state index contributed by atoms with van der Waals surface area (Å²) in [6.07, 6.45) is 2.36. The summed E-state index contributed by atoms with van der Waals surface area (Å²) in [5.41, 5.74) is 5.96. The van der Waals surface area contributed by atoms with E-state index in [9.17, 15) is 8.42 Å². The van der Waals surface area contributed by atoms with Gasteiger partial charge in [-0.3, -0.25) is 0 Å². The average molecular weight is 273 g/mol. The highest BCUT2D eigenvalue weighted by molar-refractivity contribution is 7.89. The number of sulfonamides is 1. The van der Waals surface area contributed by atoms with Crippen molar-refractivity contribution in [2.24, 2.45) is 12.8 Å². The van der Waals surface area contributed by atoms with Crippen LogP contribution in [0.1, 0.15) is 32.9 Å². The van der Waals surface area contributed by atoms with Crippen molar-refractivity contribution in [2.75, 3.05) is 7.05 Å². The molecule has 1 rings (SSSR count). The van der Waals surface area contributed by atoms with Gasteiger partial charge in [0.05, 0.1) is 0 Å². The molecule has 0 saturated carbocycles. The number of hydrogen-bond donors (Lipinski definition) is 1. The Kier molecular flexibility index (Phi) is 4.25. The summed E-state index contributed by atoms with van der Waals surface area (Å²) in [6, 6.07) is 1.64. The number of aromatic nitrogens is 1. The monoisotopic (exact) mass is 273 g/mol. The van der Waals surface area contributed by atoms with Crippen LogP contribution in [0.25, 0.3) is 0 Å². The molecule has 0 spiro atoms. The maximum absolute atomic E-state index is 12.5. The Morgan fingerprint density at radius 3 is 2.39 bits per heavy atom. The third-order valence-electron chi connectivity index (χ3n) is 3.67. The predicted octanol–water partition coefficient (Wildman–Crippen LogP) is 1.29. The molecule has 1 aromatic rings. The van der Waals surface area contributed by atoms with Crippen molar-refractivity contribution in [2.45, 2.75) is 44.2 Å². The van der Waals surface area contributed by atoms with E-state index in [1.165, 1.54) is 4.31 Å². The highest BCUT2D eigenvalue weighted by Crippen LogP contribution is 2.26. The summed E-state index contributed by atoms with van der Waals surface area (Å²) in [4.78, 5) is 0.300. The Balaban J connectivity index is 3.21. The Bertz CT molecular complexity index is 517. The first-order chi connectivity index (χ1) is 8.16. The van der Waals surface area contributed by atoms with Gasteiger partial charge in [-0.15, -0.1) is 0 Å². The van der Waals surface area contributed by atoms with Crippen LogP contribution in [-0.2, 0) is 23.6 Å². The molecule has 0 radical (unpaired) electrons. The van der Waals surface area contributed by atoms with E-state index in [-0.39, 0.29) is 0 Å². The van der Waals surface area contributed by atoms with Gasteiger partial charge in [-0.05, 0) is 26.3 Å². The van der Waals surface area contributed by atoms with E-state index in [0.29, 0.717) is 11.4 Å². The van der Waals surface area contributed by atoms with E-state index in [4.69, 9.17) is 5.73 Å². The second-order valence-corrected chi connectivity index (χ2v) is 7.09. The zero-order chi connectivity index (χ0) is 14.1. The number of nitrogens with two attached hydrogens (primary N) is 1. The van der Waals surface area contributed by atoms with Gasteiger partial charge in [0.2, 0.25) is 10.0 Å². The molecule has 0 aliphatic carbocycles. The normalized spacial score (nSPS) is 13.3. The summed E-state index contributed by atoms with van der Waals surface area (Å²) in [5.74, 6) is 0. The highest BCUT2D eigenvalue weighted by Gasteiger charge is 2.33. The smallest absolute Gasteiger partial charge is 0.244 e. The third kappa shape index (κ3) is 2.60. The molecule has 0 fully saturated rings. The van der Waals surface area contributed by atoms with Crippen molar-refractivity contribution in [3.8, 4) is 0 Å². The molecule has 0 amide bonds. The molecule has 0 aliphatic rings. The molecule has 0 bridgehead atoms. The fourth-order valence-electron chi connectivity index (χ4n) is 1.63. The van der Waals surface area contributed by atoms with Crippen LogP contribution in [0, 0.1) is 0 Å². The van der Waals surface area contributed by atoms with Gasteiger partial charge in [-0.25, -0.2) is 8.42 Å². The van der Waals surface area contributed by atoms with Crippen LogP contribution in [0.2, 0.25) is 0 Å². The van der Waals surface area contributed by atoms with E-state index >= 15 is 0 Å². The minimum atomic E-state index is -3.46. The summed E-state index contributed by atoms with van der Waals surface area (Å²) in [6.45, 7) is 6.13. The largest absolute Gasteiger partial charge is 0.352 e. The van der Waals surface area contributed by atoms with Crippen molar-refractivity contribution in [3.63, 3.8) is 0 Å². The van der Waals surface area contributed by atoms with Gasteiger partial charge in [0.15, 0.2) is 0 Å². The van der Waals surface area contributed by atoms with Crippen LogP contribution in [0.4, 0.5) is 0 Å². The Morgan fingerprint density at radius 1 is 1.44 bits per heavy atom. The lowest BCUT2D eigenvalue weighted by molar-refractivity contribution is 0.257. The lowest BCUT2D eigenvalue weighted by atomic mass is 10.0. The number of hydrogen-bond acceptors (Lipinski definition) is 3. The maximum Gasteiger partial charge on any atom is 0.244 e. The average Bonchev–Trinajstić information content (AvgIpc) is 2.70. The summed E-state index contributed by atoms with van der Waals surface area (Å²) in [7, 11) is -0.0468. The first-order valence-corrected chi connectivity index (χ1v) is 7.45. The SMILES string of the molecule is CCC(C)(C)N(C)S(=O)(=O)c1cc(CN)n(C)c1. The molecule has 0 aliphatic heterocycles. The fraction of sp³-hybridized carbons (Fsp3) is 0.667. The second kappa shape index (κ2) is 5.03. The molecule has 5 nitrogen and oxygen atoms in total. The molecule has 0 atom stereocenters. The Labute approximate surface area is 110 Å². The third-order valence-corrected chi connectivity index (χ3v) is 5.70. The summed E-state index contributed by atoms with van der Waals surface area (Å²) < 4.78 is 28.2. The van der Waals surface area contributed by atoms with Gasteiger partial charge < -0.3 is 10.3 Å². The van der Waals surface area contributed by atoms with Crippen LogP contribution in [0.5, 0.6) is 0 Å². The quantitative estimate of drug-likeness (QED) is 0.879. The van der Waals surface area contributed by atoms with E-state index in [0.717, 1.165) is 12.1 Å².